The molecule has 0 amide bonds. The summed E-state index contributed by atoms with van der Waals surface area (Å²) in [5.41, 5.74) is 0. The fraction of sp³-hybridized carbons (Fsp3) is 0.833. The van der Waals surface area contributed by atoms with Gasteiger partial charge < -0.3 is 18.5 Å². The van der Waals surface area contributed by atoms with E-state index < -0.39 is 7.60 Å². The molecule has 0 rings (SSSR count). The molecule has 0 aliphatic carbocycles. The molecule has 0 aromatic carbocycles. The summed E-state index contributed by atoms with van der Waals surface area (Å²) in [5, 5.41) is 0. The lowest BCUT2D eigenvalue weighted by molar-refractivity contribution is -0.122. The molecule has 0 heterocycles. The standard InChI is InChI=1S/C12H25O5P/c1-6-16-18(13,17-7-2)10-8-9-11(3)12(14-4)15-5/h8-9,11-12H,6-7,10H2,1-5H3/b9-8+. The second-order valence-corrected chi connectivity index (χ2v) is 5.86. The first-order valence-electron chi connectivity index (χ1n) is 6.13. The molecule has 0 fully saturated rings. The van der Waals surface area contributed by atoms with Gasteiger partial charge in [0.2, 0.25) is 0 Å². The van der Waals surface area contributed by atoms with Crippen molar-refractivity contribution < 1.29 is 23.1 Å². The predicted octanol–water partition coefficient (Wildman–Crippen LogP) is 3.06. The Kier molecular flexibility index (Phi) is 9.60. The van der Waals surface area contributed by atoms with Gasteiger partial charge in [-0.1, -0.05) is 19.1 Å². The molecule has 108 valence electrons. The number of hydrogen-bond donors (Lipinski definition) is 0. The van der Waals surface area contributed by atoms with Crippen molar-refractivity contribution in [1.82, 2.24) is 0 Å². The van der Waals surface area contributed by atoms with E-state index in [9.17, 15) is 4.57 Å². The highest BCUT2D eigenvalue weighted by Crippen LogP contribution is 2.47. The predicted molar refractivity (Wildman–Crippen MR) is 71.8 cm³/mol. The van der Waals surface area contributed by atoms with E-state index >= 15 is 0 Å². The highest BCUT2D eigenvalue weighted by Gasteiger charge is 2.21. The van der Waals surface area contributed by atoms with E-state index in [4.69, 9.17) is 18.5 Å². The SMILES string of the molecule is CCOP(=O)(C/C=C/C(C)C(OC)OC)OCC. The van der Waals surface area contributed by atoms with Crippen molar-refractivity contribution in [2.45, 2.75) is 27.1 Å². The topological polar surface area (TPSA) is 54.0 Å². The molecular formula is C12H25O5P. The summed E-state index contributed by atoms with van der Waals surface area (Å²) in [4.78, 5) is 0. The molecule has 0 saturated carbocycles. The Morgan fingerprint density at radius 3 is 2.00 bits per heavy atom. The second kappa shape index (κ2) is 9.70. The molecule has 6 heteroatoms. The molecule has 1 unspecified atom stereocenters. The summed E-state index contributed by atoms with van der Waals surface area (Å²) in [6, 6.07) is 0. The molecule has 0 bridgehead atoms. The summed E-state index contributed by atoms with van der Waals surface area (Å²) in [6.45, 7) is 6.30. The summed E-state index contributed by atoms with van der Waals surface area (Å²) in [6.07, 6.45) is 3.64. The van der Waals surface area contributed by atoms with Gasteiger partial charge in [0, 0.05) is 20.1 Å². The van der Waals surface area contributed by atoms with Gasteiger partial charge in [-0.2, -0.15) is 0 Å². The zero-order chi connectivity index (χ0) is 14.0. The van der Waals surface area contributed by atoms with E-state index in [2.05, 4.69) is 0 Å². The quantitative estimate of drug-likeness (QED) is 0.350. The number of ether oxygens (including phenoxy) is 2. The third-order valence-electron chi connectivity index (χ3n) is 2.31. The lowest BCUT2D eigenvalue weighted by Crippen LogP contribution is -2.20. The molecule has 0 saturated heterocycles. The summed E-state index contributed by atoms with van der Waals surface area (Å²) >= 11 is 0. The maximum absolute atomic E-state index is 12.1. The van der Waals surface area contributed by atoms with Gasteiger partial charge in [0.25, 0.3) is 0 Å². The molecule has 5 nitrogen and oxygen atoms in total. The zero-order valence-electron chi connectivity index (χ0n) is 11.9. The Morgan fingerprint density at radius 1 is 1.11 bits per heavy atom. The lowest BCUT2D eigenvalue weighted by Gasteiger charge is -2.18. The van der Waals surface area contributed by atoms with Crippen molar-refractivity contribution in [2.75, 3.05) is 33.6 Å². The van der Waals surface area contributed by atoms with Crippen LogP contribution in [0.4, 0.5) is 0 Å². The fourth-order valence-corrected chi connectivity index (χ4v) is 3.01. The van der Waals surface area contributed by atoms with Crippen molar-refractivity contribution >= 4 is 7.60 Å². The van der Waals surface area contributed by atoms with Gasteiger partial charge in [-0.3, -0.25) is 4.57 Å². The lowest BCUT2D eigenvalue weighted by atomic mass is 10.1. The van der Waals surface area contributed by atoms with E-state index in [-0.39, 0.29) is 18.4 Å². The van der Waals surface area contributed by atoms with Gasteiger partial charge in [0.05, 0.1) is 19.4 Å². The third-order valence-corrected chi connectivity index (χ3v) is 4.28. The maximum atomic E-state index is 12.1. The van der Waals surface area contributed by atoms with Gasteiger partial charge in [-0.25, -0.2) is 0 Å². The number of allylic oxidation sites excluding steroid dienone is 1. The highest BCUT2D eigenvalue weighted by molar-refractivity contribution is 7.54. The molecule has 0 radical (unpaired) electrons. The average molecular weight is 280 g/mol. The normalized spacial score (nSPS) is 14.6. The minimum Gasteiger partial charge on any atom is -0.355 e. The Balaban J connectivity index is 4.38. The molecule has 0 N–H and O–H groups in total. The van der Waals surface area contributed by atoms with Crippen LogP contribution in [0.15, 0.2) is 12.2 Å². The largest absolute Gasteiger partial charge is 0.355 e. The van der Waals surface area contributed by atoms with E-state index in [1.807, 2.05) is 13.0 Å². The highest BCUT2D eigenvalue weighted by atomic mass is 31.2. The van der Waals surface area contributed by atoms with Crippen LogP contribution in [-0.4, -0.2) is 39.9 Å². The smallest absolute Gasteiger partial charge is 0.334 e. The molecule has 0 spiro atoms. The van der Waals surface area contributed by atoms with Crippen molar-refractivity contribution in [1.29, 1.82) is 0 Å². The van der Waals surface area contributed by atoms with Crippen LogP contribution in [0.5, 0.6) is 0 Å². The van der Waals surface area contributed by atoms with Crippen molar-refractivity contribution in [3.05, 3.63) is 12.2 Å². The van der Waals surface area contributed by atoms with Crippen LogP contribution in [-0.2, 0) is 23.1 Å². The van der Waals surface area contributed by atoms with Gasteiger partial charge in [0.1, 0.15) is 0 Å². The Bertz CT molecular complexity index is 266. The average Bonchev–Trinajstić information content (AvgIpc) is 2.31. The molecule has 18 heavy (non-hydrogen) atoms. The molecule has 0 aliphatic rings. The minimum absolute atomic E-state index is 0.0664. The molecule has 0 aliphatic heterocycles. The Morgan fingerprint density at radius 2 is 1.61 bits per heavy atom. The summed E-state index contributed by atoms with van der Waals surface area (Å²) in [7, 11) is 0.183. The van der Waals surface area contributed by atoms with Crippen LogP contribution in [0.25, 0.3) is 0 Å². The van der Waals surface area contributed by atoms with Gasteiger partial charge >= 0.3 is 7.60 Å². The Hall–Kier alpha value is -0.190. The van der Waals surface area contributed by atoms with Gasteiger partial charge in [0.15, 0.2) is 6.29 Å². The first-order valence-corrected chi connectivity index (χ1v) is 7.86. The van der Waals surface area contributed by atoms with E-state index in [1.165, 1.54) is 0 Å². The monoisotopic (exact) mass is 280 g/mol. The molecule has 1 atom stereocenters. The van der Waals surface area contributed by atoms with Crippen LogP contribution in [0.1, 0.15) is 20.8 Å². The zero-order valence-corrected chi connectivity index (χ0v) is 12.8. The molecule has 0 aromatic rings. The summed E-state index contributed by atoms with van der Waals surface area (Å²) < 4.78 is 32.8. The van der Waals surface area contributed by atoms with E-state index in [0.29, 0.717) is 13.2 Å². The van der Waals surface area contributed by atoms with Crippen molar-refractivity contribution in [2.24, 2.45) is 5.92 Å². The summed E-state index contributed by atoms with van der Waals surface area (Å²) in [5.74, 6) is 0.0664. The van der Waals surface area contributed by atoms with Crippen LogP contribution < -0.4 is 0 Å². The van der Waals surface area contributed by atoms with Crippen LogP contribution in [0, 0.1) is 5.92 Å². The first-order chi connectivity index (χ1) is 8.52. The van der Waals surface area contributed by atoms with Crippen LogP contribution in [0.2, 0.25) is 0 Å². The maximum Gasteiger partial charge on any atom is 0.334 e. The van der Waals surface area contributed by atoms with Crippen molar-refractivity contribution in [3.63, 3.8) is 0 Å². The fourth-order valence-electron chi connectivity index (χ4n) is 1.56. The van der Waals surface area contributed by atoms with Crippen LogP contribution in [0.3, 0.4) is 0 Å². The third kappa shape index (κ3) is 6.66. The van der Waals surface area contributed by atoms with E-state index in [0.717, 1.165) is 0 Å². The van der Waals surface area contributed by atoms with E-state index in [1.54, 1.807) is 34.1 Å². The van der Waals surface area contributed by atoms with Gasteiger partial charge in [-0.05, 0) is 13.8 Å². The van der Waals surface area contributed by atoms with Crippen molar-refractivity contribution in [3.8, 4) is 0 Å². The van der Waals surface area contributed by atoms with Gasteiger partial charge in [-0.15, -0.1) is 0 Å². The molecule has 0 aromatic heterocycles. The molecular weight excluding hydrogens is 255 g/mol. The van der Waals surface area contributed by atoms with Crippen LogP contribution >= 0.6 is 7.60 Å². The number of methoxy groups -OCH3 is 2. The number of hydrogen-bond acceptors (Lipinski definition) is 5. The first kappa shape index (κ1) is 17.8. The number of rotatable bonds is 10. The minimum atomic E-state index is -2.99. The Labute approximate surface area is 110 Å². The second-order valence-electron chi connectivity index (χ2n) is 3.76.